The molecule has 0 radical (unpaired) electrons. The SMILES string of the molecule is CCC(C)(C)Nc1ccncc1N. The van der Waals surface area contributed by atoms with Gasteiger partial charge in [0.05, 0.1) is 17.6 Å². The van der Waals surface area contributed by atoms with Gasteiger partial charge in [-0.2, -0.15) is 0 Å². The lowest BCUT2D eigenvalue weighted by Gasteiger charge is -2.26. The van der Waals surface area contributed by atoms with Gasteiger partial charge in [-0.15, -0.1) is 0 Å². The van der Waals surface area contributed by atoms with Crippen LogP contribution in [0.3, 0.4) is 0 Å². The molecule has 0 aromatic carbocycles. The molecular weight excluding hydrogens is 162 g/mol. The van der Waals surface area contributed by atoms with E-state index in [1.807, 2.05) is 6.07 Å². The Bertz CT molecular complexity index is 281. The van der Waals surface area contributed by atoms with E-state index in [0.29, 0.717) is 5.69 Å². The van der Waals surface area contributed by atoms with Gasteiger partial charge in [-0.05, 0) is 26.3 Å². The summed E-state index contributed by atoms with van der Waals surface area (Å²) in [5.41, 5.74) is 7.49. The maximum absolute atomic E-state index is 5.76. The van der Waals surface area contributed by atoms with Gasteiger partial charge < -0.3 is 11.1 Å². The van der Waals surface area contributed by atoms with E-state index in [1.165, 1.54) is 0 Å². The number of aromatic nitrogens is 1. The first kappa shape index (κ1) is 9.84. The molecule has 72 valence electrons. The van der Waals surface area contributed by atoms with Gasteiger partial charge in [-0.1, -0.05) is 6.92 Å². The molecule has 0 saturated heterocycles. The second-order valence-electron chi connectivity index (χ2n) is 3.83. The van der Waals surface area contributed by atoms with Gasteiger partial charge >= 0.3 is 0 Å². The molecule has 0 unspecified atom stereocenters. The molecule has 1 heterocycles. The summed E-state index contributed by atoms with van der Waals surface area (Å²) < 4.78 is 0. The van der Waals surface area contributed by atoms with Crippen molar-refractivity contribution in [1.82, 2.24) is 4.98 Å². The number of anilines is 2. The Morgan fingerprint density at radius 3 is 2.77 bits per heavy atom. The third kappa shape index (κ3) is 2.61. The molecule has 0 aliphatic rings. The molecule has 0 bridgehead atoms. The molecule has 0 fully saturated rings. The van der Waals surface area contributed by atoms with Gasteiger partial charge in [0, 0.05) is 11.7 Å². The average Bonchev–Trinajstić information content (AvgIpc) is 2.09. The quantitative estimate of drug-likeness (QED) is 0.748. The van der Waals surface area contributed by atoms with Gasteiger partial charge in [0.25, 0.3) is 0 Å². The highest BCUT2D eigenvalue weighted by molar-refractivity contribution is 5.65. The molecule has 0 amide bonds. The predicted octanol–water partition coefficient (Wildman–Crippen LogP) is 2.26. The van der Waals surface area contributed by atoms with Crippen molar-refractivity contribution in [2.45, 2.75) is 32.7 Å². The predicted molar refractivity (Wildman–Crippen MR) is 56.6 cm³/mol. The van der Waals surface area contributed by atoms with Crippen LogP contribution in [0.15, 0.2) is 18.5 Å². The Kier molecular flexibility index (Phi) is 2.76. The standard InChI is InChI=1S/C10H17N3/c1-4-10(2,3)13-9-5-6-12-7-8(9)11/h5-7H,4,11H2,1-3H3,(H,12,13). The first-order valence-electron chi connectivity index (χ1n) is 4.53. The number of nitrogens with two attached hydrogens (primary N) is 1. The summed E-state index contributed by atoms with van der Waals surface area (Å²) in [7, 11) is 0. The highest BCUT2D eigenvalue weighted by Crippen LogP contribution is 2.22. The van der Waals surface area contributed by atoms with E-state index in [2.05, 4.69) is 31.1 Å². The van der Waals surface area contributed by atoms with Crippen molar-refractivity contribution in [1.29, 1.82) is 0 Å². The fourth-order valence-corrected chi connectivity index (χ4v) is 0.973. The summed E-state index contributed by atoms with van der Waals surface area (Å²) in [6, 6.07) is 1.90. The van der Waals surface area contributed by atoms with Crippen LogP contribution in [0.4, 0.5) is 11.4 Å². The topological polar surface area (TPSA) is 50.9 Å². The van der Waals surface area contributed by atoms with E-state index in [9.17, 15) is 0 Å². The van der Waals surface area contributed by atoms with Gasteiger partial charge in [0.1, 0.15) is 0 Å². The third-order valence-electron chi connectivity index (χ3n) is 2.21. The summed E-state index contributed by atoms with van der Waals surface area (Å²) >= 11 is 0. The lowest BCUT2D eigenvalue weighted by Crippen LogP contribution is -2.30. The first-order valence-corrected chi connectivity index (χ1v) is 4.53. The van der Waals surface area contributed by atoms with E-state index in [4.69, 9.17) is 5.73 Å². The van der Waals surface area contributed by atoms with E-state index in [1.54, 1.807) is 12.4 Å². The zero-order valence-corrected chi connectivity index (χ0v) is 8.46. The molecule has 3 heteroatoms. The number of pyridine rings is 1. The monoisotopic (exact) mass is 179 g/mol. The summed E-state index contributed by atoms with van der Waals surface area (Å²) in [5.74, 6) is 0. The van der Waals surface area contributed by atoms with Crippen LogP contribution >= 0.6 is 0 Å². The zero-order chi connectivity index (χ0) is 9.90. The Hall–Kier alpha value is -1.25. The Labute approximate surface area is 79.4 Å². The van der Waals surface area contributed by atoms with E-state index in [-0.39, 0.29) is 5.54 Å². The van der Waals surface area contributed by atoms with Crippen molar-refractivity contribution in [2.24, 2.45) is 0 Å². The fourth-order valence-electron chi connectivity index (χ4n) is 0.973. The number of nitrogens with zero attached hydrogens (tertiary/aromatic N) is 1. The minimum absolute atomic E-state index is 0.0788. The summed E-state index contributed by atoms with van der Waals surface area (Å²) in [4.78, 5) is 3.94. The molecule has 0 aliphatic carbocycles. The summed E-state index contributed by atoms with van der Waals surface area (Å²) in [6.07, 6.45) is 4.45. The van der Waals surface area contributed by atoms with Crippen LogP contribution in [0.1, 0.15) is 27.2 Å². The van der Waals surface area contributed by atoms with Crippen LogP contribution < -0.4 is 11.1 Å². The normalized spacial score (nSPS) is 11.3. The average molecular weight is 179 g/mol. The molecule has 0 saturated carbocycles. The second-order valence-corrected chi connectivity index (χ2v) is 3.83. The van der Waals surface area contributed by atoms with Crippen LogP contribution in [0.25, 0.3) is 0 Å². The van der Waals surface area contributed by atoms with Gasteiger partial charge in [-0.25, -0.2) is 0 Å². The third-order valence-corrected chi connectivity index (χ3v) is 2.21. The van der Waals surface area contributed by atoms with Gasteiger partial charge in [-0.3, -0.25) is 4.98 Å². The zero-order valence-electron chi connectivity index (χ0n) is 8.46. The lowest BCUT2D eigenvalue weighted by atomic mass is 10.0. The van der Waals surface area contributed by atoms with Crippen molar-refractivity contribution in [3.63, 3.8) is 0 Å². The maximum Gasteiger partial charge on any atom is 0.0736 e. The van der Waals surface area contributed by atoms with Crippen LogP contribution in [0.5, 0.6) is 0 Å². The molecule has 0 atom stereocenters. The molecule has 1 rings (SSSR count). The molecule has 3 N–H and O–H groups in total. The van der Waals surface area contributed by atoms with E-state index >= 15 is 0 Å². The number of nitrogen functional groups attached to an aromatic ring is 1. The molecule has 0 spiro atoms. The molecule has 0 aliphatic heterocycles. The van der Waals surface area contributed by atoms with Crippen LogP contribution in [0, 0.1) is 0 Å². The molecular formula is C10H17N3. The Balaban J connectivity index is 2.80. The van der Waals surface area contributed by atoms with Gasteiger partial charge in [0.2, 0.25) is 0 Å². The van der Waals surface area contributed by atoms with E-state index in [0.717, 1.165) is 12.1 Å². The number of hydrogen-bond acceptors (Lipinski definition) is 3. The minimum atomic E-state index is 0.0788. The smallest absolute Gasteiger partial charge is 0.0736 e. The van der Waals surface area contributed by atoms with Crippen LogP contribution in [-0.4, -0.2) is 10.5 Å². The molecule has 13 heavy (non-hydrogen) atoms. The van der Waals surface area contributed by atoms with E-state index < -0.39 is 0 Å². The van der Waals surface area contributed by atoms with Crippen LogP contribution in [-0.2, 0) is 0 Å². The highest BCUT2D eigenvalue weighted by Gasteiger charge is 2.14. The Morgan fingerprint density at radius 2 is 2.23 bits per heavy atom. The molecule has 1 aromatic rings. The van der Waals surface area contributed by atoms with Crippen molar-refractivity contribution >= 4 is 11.4 Å². The number of hydrogen-bond donors (Lipinski definition) is 2. The summed E-state index contributed by atoms with van der Waals surface area (Å²) in [6.45, 7) is 6.43. The number of nitrogens with one attached hydrogen (secondary N) is 1. The second kappa shape index (κ2) is 3.64. The first-order chi connectivity index (χ1) is 6.05. The molecule has 1 aromatic heterocycles. The van der Waals surface area contributed by atoms with Crippen molar-refractivity contribution in [2.75, 3.05) is 11.1 Å². The summed E-state index contributed by atoms with van der Waals surface area (Å²) in [5, 5.41) is 3.37. The van der Waals surface area contributed by atoms with Crippen LogP contribution in [0.2, 0.25) is 0 Å². The largest absolute Gasteiger partial charge is 0.396 e. The van der Waals surface area contributed by atoms with Crippen molar-refractivity contribution < 1.29 is 0 Å². The van der Waals surface area contributed by atoms with Gasteiger partial charge in [0.15, 0.2) is 0 Å². The van der Waals surface area contributed by atoms with Crippen molar-refractivity contribution in [3.8, 4) is 0 Å². The lowest BCUT2D eigenvalue weighted by molar-refractivity contribution is 0.547. The fraction of sp³-hybridized carbons (Fsp3) is 0.500. The van der Waals surface area contributed by atoms with Crippen molar-refractivity contribution in [3.05, 3.63) is 18.5 Å². The Morgan fingerprint density at radius 1 is 1.54 bits per heavy atom. The molecule has 3 nitrogen and oxygen atoms in total. The number of rotatable bonds is 3. The highest BCUT2D eigenvalue weighted by atomic mass is 15.0. The maximum atomic E-state index is 5.76. The minimum Gasteiger partial charge on any atom is -0.396 e.